The van der Waals surface area contributed by atoms with E-state index >= 15 is 0 Å². The lowest BCUT2D eigenvalue weighted by Gasteiger charge is -2.24. The zero-order valence-corrected chi connectivity index (χ0v) is 11.3. The highest BCUT2D eigenvalue weighted by Gasteiger charge is 2.22. The highest BCUT2D eigenvalue weighted by atomic mass is 16.5. The summed E-state index contributed by atoms with van der Waals surface area (Å²) in [6.45, 7) is 1.46. The van der Waals surface area contributed by atoms with Gasteiger partial charge in [0.15, 0.2) is 6.10 Å². The van der Waals surface area contributed by atoms with E-state index in [0.717, 1.165) is 0 Å². The Morgan fingerprint density at radius 3 is 2.50 bits per heavy atom. The summed E-state index contributed by atoms with van der Waals surface area (Å²) in [5.74, 6) is -0.00959. The third kappa shape index (κ3) is 4.23. The van der Waals surface area contributed by atoms with Crippen molar-refractivity contribution in [2.75, 3.05) is 26.3 Å². The van der Waals surface area contributed by atoms with E-state index in [1.807, 2.05) is 6.07 Å². The molecule has 0 aliphatic heterocycles. The molecule has 108 valence electrons. The van der Waals surface area contributed by atoms with E-state index in [1.54, 1.807) is 31.2 Å². The largest absolute Gasteiger partial charge is 0.480 e. The number of para-hydroxylation sites is 1. The van der Waals surface area contributed by atoms with Crippen molar-refractivity contribution in [3.8, 4) is 11.8 Å². The molecule has 0 aliphatic carbocycles. The SMILES string of the molecule is CC(Oc1ccccc1C#N)C(=O)N(CCO)CCO. The second-order valence-corrected chi connectivity index (χ2v) is 4.14. The number of ether oxygens (including phenoxy) is 1. The summed E-state index contributed by atoms with van der Waals surface area (Å²) in [6, 6.07) is 8.63. The van der Waals surface area contributed by atoms with E-state index in [0.29, 0.717) is 11.3 Å². The number of aliphatic hydroxyl groups is 2. The fourth-order valence-corrected chi connectivity index (χ4v) is 1.73. The zero-order valence-electron chi connectivity index (χ0n) is 11.3. The summed E-state index contributed by atoms with van der Waals surface area (Å²) in [5.41, 5.74) is 0.350. The predicted molar refractivity (Wildman–Crippen MR) is 72.0 cm³/mol. The minimum Gasteiger partial charge on any atom is -0.480 e. The van der Waals surface area contributed by atoms with Gasteiger partial charge in [-0.25, -0.2) is 0 Å². The van der Waals surface area contributed by atoms with Gasteiger partial charge in [-0.2, -0.15) is 5.26 Å². The van der Waals surface area contributed by atoms with Crippen molar-refractivity contribution in [3.63, 3.8) is 0 Å². The lowest BCUT2D eigenvalue weighted by molar-refractivity contribution is -0.139. The van der Waals surface area contributed by atoms with Crippen molar-refractivity contribution in [1.82, 2.24) is 4.90 Å². The van der Waals surface area contributed by atoms with Crippen molar-refractivity contribution in [2.24, 2.45) is 0 Å². The first kappa shape index (κ1) is 16.0. The number of benzene rings is 1. The standard InChI is InChI=1S/C14H18N2O4/c1-11(14(19)16(6-8-17)7-9-18)20-13-5-3-2-4-12(13)10-15/h2-5,11,17-18H,6-9H2,1H3. The Labute approximate surface area is 117 Å². The average Bonchev–Trinajstić information content (AvgIpc) is 2.46. The summed E-state index contributed by atoms with van der Waals surface area (Å²) in [5, 5.41) is 26.8. The second kappa shape index (κ2) is 8.15. The van der Waals surface area contributed by atoms with Gasteiger partial charge in [-0.3, -0.25) is 4.79 Å². The Morgan fingerprint density at radius 1 is 1.35 bits per heavy atom. The molecule has 0 saturated carbocycles. The van der Waals surface area contributed by atoms with Crippen molar-refractivity contribution in [2.45, 2.75) is 13.0 Å². The van der Waals surface area contributed by atoms with Gasteiger partial charge in [0, 0.05) is 13.1 Å². The summed E-state index contributed by atoms with van der Waals surface area (Å²) in [7, 11) is 0. The summed E-state index contributed by atoms with van der Waals surface area (Å²) in [6.07, 6.45) is -0.803. The number of aliphatic hydroxyl groups excluding tert-OH is 2. The highest BCUT2D eigenvalue weighted by molar-refractivity contribution is 5.81. The molecule has 1 aromatic carbocycles. The van der Waals surface area contributed by atoms with Crippen molar-refractivity contribution in [1.29, 1.82) is 5.26 Å². The molecule has 20 heavy (non-hydrogen) atoms. The molecule has 0 spiro atoms. The van der Waals surface area contributed by atoms with Crippen LogP contribution < -0.4 is 4.74 Å². The topological polar surface area (TPSA) is 93.8 Å². The van der Waals surface area contributed by atoms with Gasteiger partial charge < -0.3 is 19.8 Å². The molecule has 1 amide bonds. The maximum atomic E-state index is 12.1. The monoisotopic (exact) mass is 278 g/mol. The Morgan fingerprint density at radius 2 is 1.95 bits per heavy atom. The van der Waals surface area contributed by atoms with Crippen LogP contribution in [0.15, 0.2) is 24.3 Å². The van der Waals surface area contributed by atoms with Gasteiger partial charge in [0.25, 0.3) is 5.91 Å². The zero-order chi connectivity index (χ0) is 15.0. The molecule has 1 atom stereocenters. The second-order valence-electron chi connectivity index (χ2n) is 4.14. The van der Waals surface area contributed by atoms with Crippen LogP contribution in [0.1, 0.15) is 12.5 Å². The van der Waals surface area contributed by atoms with Crippen LogP contribution >= 0.6 is 0 Å². The highest BCUT2D eigenvalue weighted by Crippen LogP contribution is 2.18. The third-order valence-corrected chi connectivity index (χ3v) is 2.71. The fourth-order valence-electron chi connectivity index (χ4n) is 1.73. The molecular weight excluding hydrogens is 260 g/mol. The van der Waals surface area contributed by atoms with Gasteiger partial charge in [0.05, 0.1) is 18.8 Å². The van der Waals surface area contributed by atoms with Crippen LogP contribution in [0.2, 0.25) is 0 Å². The smallest absolute Gasteiger partial charge is 0.263 e. The minimum absolute atomic E-state index is 0.132. The molecule has 1 unspecified atom stereocenters. The summed E-state index contributed by atoms with van der Waals surface area (Å²) < 4.78 is 5.49. The van der Waals surface area contributed by atoms with Crippen LogP contribution in [0.25, 0.3) is 0 Å². The average molecular weight is 278 g/mol. The van der Waals surface area contributed by atoms with E-state index in [2.05, 4.69) is 0 Å². The molecule has 1 rings (SSSR count). The Balaban J connectivity index is 2.76. The van der Waals surface area contributed by atoms with Crippen molar-refractivity contribution in [3.05, 3.63) is 29.8 Å². The van der Waals surface area contributed by atoms with Gasteiger partial charge >= 0.3 is 0 Å². The molecular formula is C14H18N2O4. The van der Waals surface area contributed by atoms with E-state index in [9.17, 15) is 4.79 Å². The van der Waals surface area contributed by atoms with E-state index in [4.69, 9.17) is 20.2 Å². The third-order valence-electron chi connectivity index (χ3n) is 2.71. The number of nitrogens with zero attached hydrogens (tertiary/aromatic N) is 2. The molecule has 0 heterocycles. The normalized spacial score (nSPS) is 11.5. The molecule has 6 heteroatoms. The first-order valence-electron chi connectivity index (χ1n) is 6.30. The molecule has 0 fully saturated rings. The van der Waals surface area contributed by atoms with Crippen LogP contribution in [0.5, 0.6) is 5.75 Å². The number of carbonyl (C=O) groups excluding carboxylic acids is 1. The molecule has 2 N–H and O–H groups in total. The first-order valence-corrected chi connectivity index (χ1v) is 6.30. The number of hydrogen-bond donors (Lipinski definition) is 2. The maximum Gasteiger partial charge on any atom is 0.263 e. The molecule has 0 saturated heterocycles. The minimum atomic E-state index is -0.803. The van der Waals surface area contributed by atoms with E-state index in [1.165, 1.54) is 4.90 Å². The molecule has 1 aromatic rings. The molecule has 0 radical (unpaired) electrons. The number of hydrogen-bond acceptors (Lipinski definition) is 5. The Bertz CT molecular complexity index is 478. The maximum absolute atomic E-state index is 12.1. The number of carbonyl (C=O) groups is 1. The van der Waals surface area contributed by atoms with Gasteiger partial charge in [-0.05, 0) is 19.1 Å². The van der Waals surface area contributed by atoms with E-state index in [-0.39, 0.29) is 32.2 Å². The molecule has 0 aromatic heterocycles. The number of rotatable bonds is 7. The summed E-state index contributed by atoms with van der Waals surface area (Å²) in [4.78, 5) is 13.4. The molecule has 0 aliphatic rings. The van der Waals surface area contributed by atoms with Gasteiger partial charge in [0.1, 0.15) is 11.8 Å². The fraction of sp³-hybridized carbons (Fsp3) is 0.429. The van der Waals surface area contributed by atoms with Gasteiger partial charge in [-0.15, -0.1) is 0 Å². The molecule has 6 nitrogen and oxygen atoms in total. The van der Waals surface area contributed by atoms with Gasteiger partial charge in [0.2, 0.25) is 0 Å². The number of amides is 1. The predicted octanol–water partition coefficient (Wildman–Crippen LogP) is 0.139. The first-order chi connectivity index (χ1) is 9.63. The number of nitriles is 1. The van der Waals surface area contributed by atoms with Gasteiger partial charge in [-0.1, -0.05) is 12.1 Å². The van der Waals surface area contributed by atoms with Crippen LogP contribution in [0, 0.1) is 11.3 Å². The Kier molecular flexibility index (Phi) is 6.50. The quantitative estimate of drug-likeness (QED) is 0.740. The van der Waals surface area contributed by atoms with Crippen molar-refractivity contribution < 1.29 is 19.7 Å². The summed E-state index contributed by atoms with van der Waals surface area (Å²) >= 11 is 0. The Hall–Kier alpha value is -2.10. The van der Waals surface area contributed by atoms with Crippen molar-refractivity contribution >= 4 is 5.91 Å². The van der Waals surface area contributed by atoms with Crippen LogP contribution in [-0.4, -0.2) is 53.4 Å². The van der Waals surface area contributed by atoms with E-state index < -0.39 is 6.10 Å². The lowest BCUT2D eigenvalue weighted by atomic mass is 10.2. The lowest BCUT2D eigenvalue weighted by Crippen LogP contribution is -2.43. The van der Waals surface area contributed by atoms with Crippen LogP contribution in [0.4, 0.5) is 0 Å². The van der Waals surface area contributed by atoms with Crippen LogP contribution in [0.3, 0.4) is 0 Å². The van der Waals surface area contributed by atoms with Crippen LogP contribution in [-0.2, 0) is 4.79 Å². The molecule has 0 bridgehead atoms.